The number of rotatable bonds is 4. The third kappa shape index (κ3) is 3.55. The van der Waals surface area contributed by atoms with Crippen LogP contribution in [-0.4, -0.2) is 6.61 Å². The van der Waals surface area contributed by atoms with E-state index in [2.05, 4.69) is 0 Å². The predicted molar refractivity (Wildman–Crippen MR) is 77.6 cm³/mol. The van der Waals surface area contributed by atoms with E-state index in [9.17, 15) is 4.39 Å². The third-order valence-electron chi connectivity index (χ3n) is 2.41. The molecule has 0 aliphatic rings. The lowest BCUT2D eigenvalue weighted by atomic mass is 10.3. The fraction of sp³-hybridized carbons (Fsp3) is 0.143. The molecule has 100 valence electrons. The minimum Gasteiger partial charge on any atom is -0.491 e. The molecule has 2 aromatic rings. The highest BCUT2D eigenvalue weighted by atomic mass is 35.5. The highest BCUT2D eigenvalue weighted by Crippen LogP contribution is 2.36. The Balaban J connectivity index is 2.28. The number of nitrogens with two attached hydrogens (primary N) is 1. The van der Waals surface area contributed by atoms with Crippen LogP contribution in [0.25, 0.3) is 0 Å². The van der Waals surface area contributed by atoms with Gasteiger partial charge in [-0.15, -0.1) is 0 Å². The highest BCUT2D eigenvalue weighted by Gasteiger charge is 2.10. The van der Waals surface area contributed by atoms with Gasteiger partial charge in [-0.25, -0.2) is 4.39 Å². The van der Waals surface area contributed by atoms with Crippen molar-refractivity contribution in [2.45, 2.75) is 16.7 Å². The van der Waals surface area contributed by atoms with Crippen LogP contribution in [0.4, 0.5) is 10.1 Å². The summed E-state index contributed by atoms with van der Waals surface area (Å²) in [6, 6.07) is 10.3. The molecule has 0 spiro atoms. The van der Waals surface area contributed by atoms with Gasteiger partial charge in [-0.1, -0.05) is 23.4 Å². The number of anilines is 1. The molecule has 5 heteroatoms. The second-order valence-electron chi connectivity index (χ2n) is 3.81. The smallest absolute Gasteiger partial charge is 0.167 e. The lowest BCUT2D eigenvalue weighted by molar-refractivity contribution is 0.321. The molecule has 0 radical (unpaired) electrons. The maximum absolute atomic E-state index is 13.6. The Kier molecular flexibility index (Phi) is 4.56. The first kappa shape index (κ1) is 14.0. The first-order valence-electron chi connectivity index (χ1n) is 5.75. The Morgan fingerprint density at radius 3 is 2.58 bits per heavy atom. The predicted octanol–water partition coefficient (Wildman–Crippen LogP) is 4.61. The van der Waals surface area contributed by atoms with Crippen molar-refractivity contribution >= 4 is 29.1 Å². The summed E-state index contributed by atoms with van der Waals surface area (Å²) in [5, 5.41) is 0.673. The van der Waals surface area contributed by atoms with Crippen molar-refractivity contribution in [3.63, 3.8) is 0 Å². The second kappa shape index (κ2) is 6.17. The summed E-state index contributed by atoms with van der Waals surface area (Å²) >= 11 is 7.27. The van der Waals surface area contributed by atoms with E-state index in [0.29, 0.717) is 17.3 Å². The summed E-state index contributed by atoms with van der Waals surface area (Å²) in [6.45, 7) is 2.22. The van der Waals surface area contributed by atoms with Gasteiger partial charge in [0.05, 0.1) is 6.61 Å². The molecule has 0 aliphatic carbocycles. The molecule has 19 heavy (non-hydrogen) atoms. The maximum Gasteiger partial charge on any atom is 0.167 e. The largest absolute Gasteiger partial charge is 0.491 e. The molecular formula is C14H13ClFNOS. The summed E-state index contributed by atoms with van der Waals surface area (Å²) in [5.41, 5.74) is 6.21. The van der Waals surface area contributed by atoms with Gasteiger partial charge in [-0.3, -0.25) is 0 Å². The molecule has 0 aromatic heterocycles. The van der Waals surface area contributed by atoms with Gasteiger partial charge in [0.2, 0.25) is 0 Å². The van der Waals surface area contributed by atoms with Crippen LogP contribution in [0, 0.1) is 5.82 Å². The zero-order valence-corrected chi connectivity index (χ0v) is 11.9. The van der Waals surface area contributed by atoms with Crippen molar-refractivity contribution in [3.8, 4) is 5.75 Å². The first-order valence-corrected chi connectivity index (χ1v) is 6.95. The molecule has 0 heterocycles. The van der Waals surface area contributed by atoms with Gasteiger partial charge in [0.25, 0.3) is 0 Å². The van der Waals surface area contributed by atoms with E-state index in [-0.39, 0.29) is 5.75 Å². The molecule has 2 N–H and O–H groups in total. The molecule has 0 bridgehead atoms. The average molecular weight is 298 g/mol. The third-order valence-corrected chi connectivity index (χ3v) is 3.74. The van der Waals surface area contributed by atoms with E-state index in [4.69, 9.17) is 22.1 Å². The zero-order valence-electron chi connectivity index (χ0n) is 10.3. The van der Waals surface area contributed by atoms with Crippen LogP contribution in [0.15, 0.2) is 46.2 Å². The second-order valence-corrected chi connectivity index (χ2v) is 5.36. The minimum atomic E-state index is -0.445. The van der Waals surface area contributed by atoms with Gasteiger partial charge in [0.1, 0.15) is 0 Å². The molecule has 0 unspecified atom stereocenters. The highest BCUT2D eigenvalue weighted by molar-refractivity contribution is 7.99. The molecule has 0 fully saturated rings. The van der Waals surface area contributed by atoms with E-state index < -0.39 is 5.82 Å². The van der Waals surface area contributed by atoms with Crippen LogP contribution >= 0.6 is 23.4 Å². The number of ether oxygens (including phenoxy) is 1. The normalized spacial score (nSPS) is 10.5. The van der Waals surface area contributed by atoms with Gasteiger partial charge in [-0.2, -0.15) is 0 Å². The van der Waals surface area contributed by atoms with E-state index in [1.807, 2.05) is 19.1 Å². The van der Waals surface area contributed by atoms with Crippen molar-refractivity contribution in [1.29, 1.82) is 0 Å². The summed E-state index contributed by atoms with van der Waals surface area (Å²) < 4.78 is 18.8. The molecule has 2 aromatic carbocycles. The summed E-state index contributed by atoms with van der Waals surface area (Å²) in [6.07, 6.45) is 0. The Labute approximate surface area is 120 Å². The van der Waals surface area contributed by atoms with Gasteiger partial charge in [0, 0.05) is 26.6 Å². The number of nitrogen functional groups attached to an aromatic ring is 1. The Bertz CT molecular complexity index is 574. The maximum atomic E-state index is 13.6. The lowest BCUT2D eigenvalue weighted by Gasteiger charge is -2.10. The monoisotopic (exact) mass is 297 g/mol. The topological polar surface area (TPSA) is 35.2 Å². The average Bonchev–Trinajstić information content (AvgIpc) is 2.38. The first-order chi connectivity index (χ1) is 9.10. The molecule has 0 amide bonds. The van der Waals surface area contributed by atoms with E-state index in [1.54, 1.807) is 18.2 Å². The zero-order chi connectivity index (χ0) is 13.8. The van der Waals surface area contributed by atoms with Crippen LogP contribution < -0.4 is 10.5 Å². The van der Waals surface area contributed by atoms with Crippen LogP contribution in [0.2, 0.25) is 5.02 Å². The van der Waals surface area contributed by atoms with Crippen molar-refractivity contribution in [3.05, 3.63) is 47.2 Å². The minimum absolute atomic E-state index is 0.216. The lowest BCUT2D eigenvalue weighted by Crippen LogP contribution is -1.97. The Morgan fingerprint density at radius 1 is 1.26 bits per heavy atom. The van der Waals surface area contributed by atoms with Gasteiger partial charge < -0.3 is 10.5 Å². The molecule has 0 saturated heterocycles. The van der Waals surface area contributed by atoms with Gasteiger partial charge >= 0.3 is 0 Å². The van der Waals surface area contributed by atoms with Gasteiger partial charge in [0.15, 0.2) is 11.6 Å². The number of halogens is 2. The molecule has 0 aliphatic heterocycles. The van der Waals surface area contributed by atoms with Crippen molar-refractivity contribution < 1.29 is 9.13 Å². The molecule has 2 nitrogen and oxygen atoms in total. The van der Waals surface area contributed by atoms with Crippen LogP contribution in [-0.2, 0) is 0 Å². The van der Waals surface area contributed by atoms with Crippen molar-refractivity contribution in [1.82, 2.24) is 0 Å². The number of hydrogen-bond donors (Lipinski definition) is 1. The van der Waals surface area contributed by atoms with Crippen molar-refractivity contribution in [2.75, 3.05) is 12.3 Å². The van der Waals surface area contributed by atoms with E-state index in [0.717, 1.165) is 9.79 Å². The van der Waals surface area contributed by atoms with Crippen LogP contribution in [0.1, 0.15) is 6.92 Å². The Hall–Kier alpha value is -1.39. The fourth-order valence-electron chi connectivity index (χ4n) is 1.53. The van der Waals surface area contributed by atoms with Gasteiger partial charge in [-0.05, 0) is 37.3 Å². The summed E-state index contributed by atoms with van der Waals surface area (Å²) in [4.78, 5) is 1.73. The standard InChI is InChI=1S/C14H13ClFNOS/c1-2-18-13-8-14(12(17)7-11(13)16)19-10-5-3-9(15)4-6-10/h3-8H,2,17H2,1H3. The van der Waals surface area contributed by atoms with Crippen LogP contribution in [0.5, 0.6) is 5.75 Å². The molecule has 0 saturated carbocycles. The van der Waals surface area contributed by atoms with Crippen LogP contribution in [0.3, 0.4) is 0 Å². The SMILES string of the molecule is CCOc1cc(Sc2ccc(Cl)cc2)c(N)cc1F. The summed E-state index contributed by atoms with van der Waals surface area (Å²) in [5.74, 6) is -0.229. The summed E-state index contributed by atoms with van der Waals surface area (Å²) in [7, 11) is 0. The molecular weight excluding hydrogens is 285 g/mol. The number of benzene rings is 2. The van der Waals surface area contributed by atoms with E-state index in [1.165, 1.54) is 17.8 Å². The molecule has 0 atom stereocenters. The van der Waals surface area contributed by atoms with E-state index >= 15 is 0 Å². The van der Waals surface area contributed by atoms with Crippen molar-refractivity contribution in [2.24, 2.45) is 0 Å². The Morgan fingerprint density at radius 2 is 1.95 bits per heavy atom. The fourth-order valence-corrected chi connectivity index (χ4v) is 2.53. The quantitative estimate of drug-likeness (QED) is 0.837. The number of hydrogen-bond acceptors (Lipinski definition) is 3. The molecule has 2 rings (SSSR count).